The van der Waals surface area contributed by atoms with Gasteiger partial charge in [0.25, 0.3) is 0 Å². The first kappa shape index (κ1) is 11.1. The third-order valence-corrected chi connectivity index (χ3v) is 1.64. The highest BCUT2D eigenvalue weighted by Crippen LogP contribution is 2.17. The molecule has 0 aliphatic carbocycles. The summed E-state index contributed by atoms with van der Waals surface area (Å²) in [6.45, 7) is 5.58. The van der Waals surface area contributed by atoms with Gasteiger partial charge in [-0.15, -0.1) is 0 Å². The van der Waals surface area contributed by atoms with Crippen LogP contribution in [0.2, 0.25) is 0 Å². The zero-order valence-corrected chi connectivity index (χ0v) is 7.94. The van der Waals surface area contributed by atoms with Crippen molar-refractivity contribution in [3.63, 3.8) is 0 Å². The lowest BCUT2D eigenvalue weighted by molar-refractivity contribution is -0.126. The molecule has 0 saturated carbocycles. The number of ketones is 1. The predicted molar refractivity (Wildman–Crippen MR) is 46.4 cm³/mol. The molecule has 0 unspecified atom stereocenters. The van der Waals surface area contributed by atoms with E-state index in [-0.39, 0.29) is 17.6 Å². The maximum atomic E-state index is 11.3. The van der Waals surface area contributed by atoms with E-state index in [1.54, 1.807) is 0 Å². The summed E-state index contributed by atoms with van der Waals surface area (Å²) in [5, 5.41) is 0. The van der Waals surface area contributed by atoms with Crippen LogP contribution in [0.15, 0.2) is 0 Å². The van der Waals surface area contributed by atoms with Gasteiger partial charge in [0.05, 0.1) is 0 Å². The molecule has 0 fully saturated rings. The van der Waals surface area contributed by atoms with Gasteiger partial charge in [-0.2, -0.15) is 0 Å². The van der Waals surface area contributed by atoms with Gasteiger partial charge in [0, 0.05) is 18.3 Å². The van der Waals surface area contributed by atoms with Crippen molar-refractivity contribution >= 4 is 11.7 Å². The van der Waals surface area contributed by atoms with Gasteiger partial charge >= 0.3 is 0 Å². The van der Waals surface area contributed by atoms with Gasteiger partial charge in [-0.1, -0.05) is 20.8 Å². The molecule has 0 aliphatic heterocycles. The molecule has 0 spiro atoms. The van der Waals surface area contributed by atoms with Crippen molar-refractivity contribution in [2.75, 3.05) is 0 Å². The van der Waals surface area contributed by atoms with Gasteiger partial charge in [-0.25, -0.2) is 0 Å². The van der Waals surface area contributed by atoms with E-state index in [9.17, 15) is 9.59 Å². The molecule has 0 aromatic heterocycles. The van der Waals surface area contributed by atoms with E-state index >= 15 is 0 Å². The predicted octanol–water partition coefficient (Wildman–Crippen LogP) is 1.58. The summed E-state index contributed by atoms with van der Waals surface area (Å²) in [5.41, 5.74) is 6.31. The number of hydrogen-bond donors (Lipinski definition) is 0. The Hall–Kier alpha value is -0.860. The van der Waals surface area contributed by atoms with Gasteiger partial charge in [0.1, 0.15) is 5.78 Å². The molecule has 0 aromatic rings. The largest absolute Gasteiger partial charge is 0.299 e. The molecular weight excluding hydrogens is 154 g/mol. The van der Waals surface area contributed by atoms with Gasteiger partial charge in [0.15, 0.2) is 0 Å². The van der Waals surface area contributed by atoms with Crippen LogP contribution in [0.1, 0.15) is 40.0 Å². The van der Waals surface area contributed by atoms with Crippen molar-refractivity contribution in [3.05, 3.63) is 0 Å². The summed E-state index contributed by atoms with van der Waals surface area (Å²) in [7, 11) is 0. The van der Waals surface area contributed by atoms with Crippen LogP contribution in [0.4, 0.5) is 0 Å². The van der Waals surface area contributed by atoms with Crippen LogP contribution in [0.25, 0.3) is 0 Å². The highest BCUT2D eigenvalue weighted by molar-refractivity contribution is 5.84. The van der Waals surface area contributed by atoms with E-state index in [0.29, 0.717) is 12.8 Å². The lowest BCUT2D eigenvalue weighted by atomic mass is 9.88. The fourth-order valence-electron chi connectivity index (χ4n) is 0.785. The molecule has 0 bridgehead atoms. The highest BCUT2D eigenvalue weighted by atomic mass is 16.1. The molecule has 3 heteroatoms. The molecule has 12 heavy (non-hydrogen) atoms. The first-order valence-electron chi connectivity index (χ1n) is 4.12. The number of nitrogens with one attached hydrogen (secondary N) is 1. The number of amides is 1. The third kappa shape index (κ3) is 4.88. The van der Waals surface area contributed by atoms with Gasteiger partial charge < -0.3 is 0 Å². The average Bonchev–Trinajstić information content (AvgIpc) is 1.84. The molecule has 1 N–H and O–H groups in total. The van der Waals surface area contributed by atoms with Gasteiger partial charge in [0.2, 0.25) is 5.91 Å². The molecule has 0 atom stereocenters. The molecule has 0 saturated heterocycles. The third-order valence-electron chi connectivity index (χ3n) is 1.64. The van der Waals surface area contributed by atoms with Crippen molar-refractivity contribution in [2.24, 2.45) is 5.41 Å². The van der Waals surface area contributed by atoms with Crippen molar-refractivity contribution in [1.29, 1.82) is 0 Å². The maximum Gasteiger partial charge on any atom is 0.238 e. The Bertz CT molecular complexity index is 179. The molecule has 0 rings (SSSR count). The van der Waals surface area contributed by atoms with Crippen molar-refractivity contribution in [1.82, 2.24) is 5.73 Å². The lowest BCUT2D eigenvalue weighted by Crippen LogP contribution is -2.19. The minimum atomic E-state index is -0.586. The zero-order chi connectivity index (χ0) is 9.78. The summed E-state index contributed by atoms with van der Waals surface area (Å²) < 4.78 is 0. The second-order valence-electron chi connectivity index (χ2n) is 3.95. The Kier molecular flexibility index (Phi) is 3.93. The number of carbonyl (C=O) groups is 2. The summed E-state index contributed by atoms with van der Waals surface area (Å²) >= 11 is 0. The topological polar surface area (TPSA) is 57.9 Å². The second kappa shape index (κ2) is 4.24. The van der Waals surface area contributed by atoms with Crippen LogP contribution in [-0.2, 0) is 9.59 Å². The first-order valence-corrected chi connectivity index (χ1v) is 4.12. The average molecular weight is 170 g/mol. The number of rotatable bonds is 4. The van der Waals surface area contributed by atoms with E-state index in [0.717, 1.165) is 0 Å². The standard InChI is InChI=1S/C9H16NO2/c1-9(2,3)7(11)5-4-6-8(10)12/h10H,4-6H2,1-3H3. The van der Waals surface area contributed by atoms with Crippen LogP contribution in [0, 0.1) is 5.41 Å². The van der Waals surface area contributed by atoms with Crippen molar-refractivity contribution in [2.45, 2.75) is 40.0 Å². The van der Waals surface area contributed by atoms with Crippen molar-refractivity contribution < 1.29 is 9.59 Å². The SMILES string of the molecule is CC(C)(C)C(=O)CCCC([NH])=O. The normalized spacial score (nSPS) is 11.2. The van der Waals surface area contributed by atoms with Gasteiger partial charge in [-0.05, 0) is 6.42 Å². The Balaban J connectivity index is 3.66. The quantitative estimate of drug-likeness (QED) is 0.643. The molecule has 3 nitrogen and oxygen atoms in total. The van der Waals surface area contributed by atoms with E-state index in [1.807, 2.05) is 20.8 Å². The van der Waals surface area contributed by atoms with E-state index in [2.05, 4.69) is 0 Å². The van der Waals surface area contributed by atoms with E-state index in [4.69, 9.17) is 5.73 Å². The molecule has 1 amide bonds. The van der Waals surface area contributed by atoms with Crippen LogP contribution in [-0.4, -0.2) is 11.7 Å². The summed E-state index contributed by atoms with van der Waals surface area (Å²) in [4.78, 5) is 21.5. The Morgan fingerprint density at radius 1 is 1.17 bits per heavy atom. The Labute approximate surface area is 73.3 Å². The molecule has 0 heterocycles. The highest BCUT2D eigenvalue weighted by Gasteiger charge is 2.20. The minimum Gasteiger partial charge on any atom is -0.299 e. The minimum absolute atomic E-state index is 0.156. The van der Waals surface area contributed by atoms with Gasteiger partial charge in [-0.3, -0.25) is 15.3 Å². The van der Waals surface area contributed by atoms with Crippen LogP contribution >= 0.6 is 0 Å². The number of hydrogen-bond acceptors (Lipinski definition) is 2. The zero-order valence-electron chi connectivity index (χ0n) is 7.94. The molecule has 1 radical (unpaired) electrons. The number of Topliss-reactive ketones (excluding diaryl/α,β-unsaturated/α-hetero) is 1. The smallest absolute Gasteiger partial charge is 0.238 e. The Morgan fingerprint density at radius 3 is 2.00 bits per heavy atom. The fourth-order valence-corrected chi connectivity index (χ4v) is 0.785. The first-order chi connectivity index (χ1) is 5.34. The van der Waals surface area contributed by atoms with Crippen LogP contribution in [0.3, 0.4) is 0 Å². The molecule has 0 aliphatic rings. The molecular formula is C9H16NO2. The van der Waals surface area contributed by atoms with E-state index in [1.165, 1.54) is 0 Å². The lowest BCUT2D eigenvalue weighted by Gasteiger charge is -2.15. The molecule has 69 valence electrons. The van der Waals surface area contributed by atoms with Crippen molar-refractivity contribution in [3.8, 4) is 0 Å². The van der Waals surface area contributed by atoms with E-state index < -0.39 is 5.91 Å². The maximum absolute atomic E-state index is 11.3. The van der Waals surface area contributed by atoms with Crippen LogP contribution in [0.5, 0.6) is 0 Å². The number of carbonyl (C=O) groups excluding carboxylic acids is 2. The van der Waals surface area contributed by atoms with Crippen LogP contribution < -0.4 is 5.73 Å². The summed E-state index contributed by atoms with van der Waals surface area (Å²) in [6.07, 6.45) is 1.12. The summed E-state index contributed by atoms with van der Waals surface area (Å²) in [5.74, 6) is -0.430. The Morgan fingerprint density at radius 2 is 1.67 bits per heavy atom. The monoisotopic (exact) mass is 170 g/mol. The fraction of sp³-hybridized carbons (Fsp3) is 0.778. The summed E-state index contributed by atoms with van der Waals surface area (Å²) in [6, 6.07) is 0. The molecule has 0 aromatic carbocycles. The second-order valence-corrected chi connectivity index (χ2v) is 3.95.